The fraction of sp³-hybridized carbons (Fsp3) is 0.526. The number of hydrogen-bond acceptors (Lipinski definition) is 6. The van der Waals surface area contributed by atoms with E-state index < -0.39 is 0 Å². The van der Waals surface area contributed by atoms with Gasteiger partial charge in [0.25, 0.3) is 0 Å². The summed E-state index contributed by atoms with van der Waals surface area (Å²) in [5.41, 5.74) is 1.06. The number of halogens is 1. The van der Waals surface area contributed by atoms with Crippen LogP contribution in [0.1, 0.15) is 23.3 Å². The molecule has 1 atom stereocenters. The molecular weight excluding hydrogens is 363 g/mol. The van der Waals surface area contributed by atoms with E-state index in [4.69, 9.17) is 9.26 Å². The molecular formula is C19H27FN6O2. The van der Waals surface area contributed by atoms with E-state index in [0.717, 1.165) is 18.7 Å². The molecule has 9 heteroatoms. The predicted octanol–water partition coefficient (Wildman–Crippen LogP) is 1.30. The second-order valence-electron chi connectivity index (χ2n) is 6.58. The van der Waals surface area contributed by atoms with Gasteiger partial charge < -0.3 is 19.9 Å². The van der Waals surface area contributed by atoms with Crippen molar-refractivity contribution >= 4 is 5.96 Å². The van der Waals surface area contributed by atoms with Gasteiger partial charge in [-0.25, -0.2) is 4.39 Å². The van der Waals surface area contributed by atoms with Crippen molar-refractivity contribution in [3.05, 3.63) is 47.4 Å². The first-order valence-corrected chi connectivity index (χ1v) is 9.46. The van der Waals surface area contributed by atoms with Gasteiger partial charge in [0.1, 0.15) is 5.82 Å². The fourth-order valence-electron chi connectivity index (χ4n) is 3.18. The Balaban J connectivity index is 1.56. The minimum atomic E-state index is -0.230. The number of guanidine groups is 1. The molecule has 1 aromatic carbocycles. The van der Waals surface area contributed by atoms with Crippen LogP contribution in [0.3, 0.4) is 0 Å². The van der Waals surface area contributed by atoms with E-state index in [1.165, 1.54) is 12.1 Å². The summed E-state index contributed by atoms with van der Waals surface area (Å²) >= 11 is 0. The van der Waals surface area contributed by atoms with Crippen LogP contribution in [0.2, 0.25) is 0 Å². The van der Waals surface area contributed by atoms with Gasteiger partial charge >= 0.3 is 0 Å². The first kappa shape index (κ1) is 20.2. The average Bonchev–Trinajstić information content (AvgIpc) is 3.14. The van der Waals surface area contributed by atoms with Gasteiger partial charge in [-0.3, -0.25) is 9.89 Å². The molecule has 8 nitrogen and oxygen atoms in total. The second kappa shape index (κ2) is 10.1. The monoisotopic (exact) mass is 390 g/mol. The first-order valence-electron chi connectivity index (χ1n) is 9.46. The lowest BCUT2D eigenvalue weighted by Crippen LogP contribution is -2.46. The van der Waals surface area contributed by atoms with Gasteiger partial charge in [0, 0.05) is 39.6 Å². The molecule has 1 aliphatic heterocycles. The summed E-state index contributed by atoms with van der Waals surface area (Å²) in [6, 6.07) is 6.78. The van der Waals surface area contributed by atoms with Crippen molar-refractivity contribution in [2.45, 2.75) is 19.4 Å². The highest BCUT2D eigenvalue weighted by Crippen LogP contribution is 2.21. The third-order valence-corrected chi connectivity index (χ3v) is 4.63. The van der Waals surface area contributed by atoms with Crippen molar-refractivity contribution in [2.75, 3.05) is 46.4 Å². The summed E-state index contributed by atoms with van der Waals surface area (Å²) in [5, 5.41) is 10.4. The third-order valence-electron chi connectivity index (χ3n) is 4.63. The zero-order chi connectivity index (χ0) is 19.8. The molecule has 3 rings (SSSR count). The number of morpholine rings is 1. The van der Waals surface area contributed by atoms with Crippen LogP contribution >= 0.6 is 0 Å². The fourth-order valence-corrected chi connectivity index (χ4v) is 3.18. The molecule has 1 fully saturated rings. The lowest BCUT2D eigenvalue weighted by atomic mass is 10.0. The number of benzene rings is 1. The average molecular weight is 390 g/mol. The van der Waals surface area contributed by atoms with Crippen LogP contribution in [0, 0.1) is 12.7 Å². The maximum atomic E-state index is 13.3. The Morgan fingerprint density at radius 1 is 1.25 bits per heavy atom. The number of aryl methyl sites for hydroxylation is 1. The number of ether oxygens (including phenoxy) is 1. The number of hydrogen-bond donors (Lipinski definition) is 2. The number of rotatable bonds is 7. The minimum Gasteiger partial charge on any atom is -0.379 e. The second-order valence-corrected chi connectivity index (χ2v) is 6.58. The van der Waals surface area contributed by atoms with Gasteiger partial charge in [-0.15, -0.1) is 0 Å². The van der Waals surface area contributed by atoms with Crippen molar-refractivity contribution in [1.82, 2.24) is 25.7 Å². The van der Waals surface area contributed by atoms with Gasteiger partial charge in [-0.1, -0.05) is 17.3 Å². The minimum absolute atomic E-state index is 0.0987. The van der Waals surface area contributed by atoms with Crippen LogP contribution in [0.5, 0.6) is 0 Å². The van der Waals surface area contributed by atoms with Crippen LogP contribution in [-0.4, -0.2) is 67.4 Å². The van der Waals surface area contributed by atoms with E-state index in [0.29, 0.717) is 50.4 Å². The van der Waals surface area contributed by atoms with E-state index in [2.05, 4.69) is 30.7 Å². The smallest absolute Gasteiger partial charge is 0.228 e. The molecule has 1 aromatic heterocycles. The molecule has 2 aromatic rings. The Kier molecular flexibility index (Phi) is 7.32. The predicted molar refractivity (Wildman–Crippen MR) is 104 cm³/mol. The highest BCUT2D eigenvalue weighted by atomic mass is 19.1. The summed E-state index contributed by atoms with van der Waals surface area (Å²) in [6.07, 6.45) is 0.617. The largest absolute Gasteiger partial charge is 0.379 e. The topological polar surface area (TPSA) is 87.8 Å². The molecule has 0 aliphatic carbocycles. The molecule has 0 radical (unpaired) electrons. The molecule has 0 amide bonds. The van der Waals surface area contributed by atoms with E-state index in [9.17, 15) is 4.39 Å². The molecule has 1 unspecified atom stereocenters. The van der Waals surface area contributed by atoms with E-state index in [-0.39, 0.29) is 11.9 Å². The van der Waals surface area contributed by atoms with Gasteiger partial charge in [0.2, 0.25) is 5.89 Å². The van der Waals surface area contributed by atoms with Crippen molar-refractivity contribution in [2.24, 2.45) is 4.99 Å². The first-order chi connectivity index (χ1) is 13.7. The lowest BCUT2D eigenvalue weighted by molar-refractivity contribution is 0.0170. The molecule has 0 saturated carbocycles. The van der Waals surface area contributed by atoms with Crippen molar-refractivity contribution in [3.63, 3.8) is 0 Å². The molecule has 152 valence electrons. The van der Waals surface area contributed by atoms with Crippen LogP contribution in [-0.2, 0) is 11.2 Å². The Labute approximate surface area is 164 Å². The molecule has 1 saturated heterocycles. The standard InChI is InChI=1S/C19H27FN6O2/c1-14-24-18(28-25-14)7-8-22-19(21-2)23-13-17(26-9-11-27-12-10-26)15-3-5-16(20)6-4-15/h3-6,17H,7-13H2,1-2H3,(H2,21,22,23). The van der Waals surface area contributed by atoms with E-state index in [1.807, 2.05) is 12.1 Å². The molecule has 28 heavy (non-hydrogen) atoms. The van der Waals surface area contributed by atoms with E-state index in [1.54, 1.807) is 14.0 Å². The number of aliphatic imine (C=N–C) groups is 1. The summed E-state index contributed by atoms with van der Waals surface area (Å²) < 4.78 is 23.9. The van der Waals surface area contributed by atoms with E-state index >= 15 is 0 Å². The number of aromatic nitrogens is 2. The van der Waals surface area contributed by atoms with Gasteiger partial charge in [-0.05, 0) is 24.6 Å². The summed E-state index contributed by atoms with van der Waals surface area (Å²) in [5.74, 6) is 1.69. The van der Waals surface area contributed by atoms with Crippen LogP contribution in [0.15, 0.2) is 33.8 Å². The van der Waals surface area contributed by atoms with Crippen LogP contribution in [0.25, 0.3) is 0 Å². The van der Waals surface area contributed by atoms with Crippen LogP contribution in [0.4, 0.5) is 4.39 Å². The molecule has 2 N–H and O–H groups in total. The zero-order valence-corrected chi connectivity index (χ0v) is 16.3. The SMILES string of the molecule is CN=C(NCCc1nc(C)no1)NCC(c1ccc(F)cc1)N1CCOCC1. The Hall–Kier alpha value is -2.52. The highest BCUT2D eigenvalue weighted by Gasteiger charge is 2.23. The van der Waals surface area contributed by atoms with Crippen molar-refractivity contribution in [1.29, 1.82) is 0 Å². The van der Waals surface area contributed by atoms with Gasteiger partial charge in [-0.2, -0.15) is 4.98 Å². The lowest BCUT2D eigenvalue weighted by Gasteiger charge is -2.35. The normalized spacial score (nSPS) is 16.8. The molecule has 1 aliphatic rings. The maximum absolute atomic E-state index is 13.3. The Morgan fingerprint density at radius 3 is 2.64 bits per heavy atom. The number of nitrogens with one attached hydrogen (secondary N) is 2. The molecule has 2 heterocycles. The Morgan fingerprint density at radius 2 is 2.00 bits per heavy atom. The van der Waals surface area contributed by atoms with Crippen molar-refractivity contribution < 1.29 is 13.7 Å². The quantitative estimate of drug-likeness (QED) is 0.544. The summed E-state index contributed by atoms with van der Waals surface area (Å²) in [4.78, 5) is 10.8. The maximum Gasteiger partial charge on any atom is 0.228 e. The summed E-state index contributed by atoms with van der Waals surface area (Å²) in [7, 11) is 1.73. The zero-order valence-electron chi connectivity index (χ0n) is 16.3. The Bertz CT molecular complexity index is 758. The van der Waals surface area contributed by atoms with Crippen LogP contribution < -0.4 is 10.6 Å². The van der Waals surface area contributed by atoms with Gasteiger partial charge in [0.15, 0.2) is 11.8 Å². The van der Waals surface area contributed by atoms with Gasteiger partial charge in [0.05, 0.1) is 19.3 Å². The number of nitrogens with zero attached hydrogens (tertiary/aromatic N) is 4. The highest BCUT2D eigenvalue weighted by molar-refractivity contribution is 5.79. The summed E-state index contributed by atoms with van der Waals surface area (Å²) in [6.45, 7) is 6.15. The van der Waals surface area contributed by atoms with Crippen molar-refractivity contribution in [3.8, 4) is 0 Å². The third kappa shape index (κ3) is 5.74. The molecule has 0 spiro atoms. The molecule has 0 bridgehead atoms.